The van der Waals surface area contributed by atoms with Crippen LogP contribution < -0.4 is 19.1 Å². The highest BCUT2D eigenvalue weighted by atomic mass is 32.2. The Morgan fingerprint density at radius 3 is 2.67 bits per heavy atom. The van der Waals surface area contributed by atoms with Gasteiger partial charge in [-0.3, -0.25) is 14.5 Å². The van der Waals surface area contributed by atoms with Gasteiger partial charge in [-0.1, -0.05) is 77.7 Å². The van der Waals surface area contributed by atoms with Crippen LogP contribution in [-0.4, -0.2) is 46.8 Å². The number of ether oxygens (including phenoxy) is 3. The fraction of sp³-hybridized carbons (Fsp3) is 0.188. The van der Waals surface area contributed by atoms with Crippen LogP contribution in [0.5, 0.6) is 17.2 Å². The standard InChI is InChI=1S/C32H27N3O6S2/c1-3-13-39-23-6-4-5-21(16-23)27-26(28(36)22-11-12-24-25(17-22)41-15-14-40-24)29(37)30(38)35(27)31-33-34-32(43-31)42-18-20-9-7-19(2)8-10-20/h3-12,16-17,27,36H,1,13-15,18H2,2H3. The molecule has 0 spiro atoms. The number of fused-ring (bicyclic) bond motifs is 1. The van der Waals surface area contributed by atoms with Crippen molar-refractivity contribution in [2.75, 3.05) is 24.7 Å². The van der Waals surface area contributed by atoms with Crippen molar-refractivity contribution < 1.29 is 28.9 Å². The van der Waals surface area contributed by atoms with E-state index in [-0.39, 0.29) is 23.1 Å². The van der Waals surface area contributed by atoms with Crippen LogP contribution in [0.1, 0.15) is 28.3 Å². The minimum absolute atomic E-state index is 0.0772. The van der Waals surface area contributed by atoms with Crippen LogP contribution in [0.25, 0.3) is 5.76 Å². The van der Waals surface area contributed by atoms with Crippen molar-refractivity contribution in [2.24, 2.45) is 0 Å². The normalized spacial score (nSPS) is 17.2. The summed E-state index contributed by atoms with van der Waals surface area (Å²) in [6, 6.07) is 19.2. The second kappa shape index (κ2) is 12.3. The van der Waals surface area contributed by atoms with Crippen molar-refractivity contribution in [1.82, 2.24) is 10.2 Å². The van der Waals surface area contributed by atoms with Gasteiger partial charge in [0.2, 0.25) is 5.13 Å². The molecular formula is C32H27N3O6S2. The number of rotatable bonds is 9. The number of aliphatic hydroxyl groups is 1. The summed E-state index contributed by atoms with van der Waals surface area (Å²) in [5.41, 5.74) is 3.11. The summed E-state index contributed by atoms with van der Waals surface area (Å²) in [6.45, 7) is 6.78. The highest BCUT2D eigenvalue weighted by Crippen LogP contribution is 2.45. The molecule has 218 valence electrons. The van der Waals surface area contributed by atoms with E-state index in [0.717, 1.165) is 5.56 Å². The van der Waals surface area contributed by atoms with Crippen LogP contribution >= 0.6 is 23.1 Å². The van der Waals surface area contributed by atoms with Crippen molar-refractivity contribution in [2.45, 2.75) is 23.1 Å². The largest absolute Gasteiger partial charge is 0.507 e. The summed E-state index contributed by atoms with van der Waals surface area (Å²) < 4.78 is 17.7. The van der Waals surface area contributed by atoms with Gasteiger partial charge in [-0.25, -0.2) is 0 Å². The van der Waals surface area contributed by atoms with Crippen LogP contribution in [0.3, 0.4) is 0 Å². The molecule has 2 aliphatic rings. The summed E-state index contributed by atoms with van der Waals surface area (Å²) >= 11 is 2.70. The summed E-state index contributed by atoms with van der Waals surface area (Å²) in [6.07, 6.45) is 1.62. The SMILES string of the molecule is C=CCOc1cccc(C2C(=C(O)c3ccc4c(c3)OCCO4)C(=O)C(=O)N2c2nnc(SCc3ccc(C)cc3)s2)c1. The molecule has 1 amide bonds. The van der Waals surface area contributed by atoms with E-state index >= 15 is 0 Å². The van der Waals surface area contributed by atoms with Crippen LogP contribution in [-0.2, 0) is 15.3 Å². The number of ketones is 1. The van der Waals surface area contributed by atoms with E-state index in [1.165, 1.54) is 33.6 Å². The molecule has 9 nitrogen and oxygen atoms in total. The van der Waals surface area contributed by atoms with Crippen LogP contribution in [0.2, 0.25) is 0 Å². The maximum Gasteiger partial charge on any atom is 0.301 e. The molecule has 0 aliphatic carbocycles. The number of carbonyl (C=O) groups is 2. The predicted octanol–water partition coefficient (Wildman–Crippen LogP) is 6.10. The molecule has 1 aromatic heterocycles. The monoisotopic (exact) mass is 613 g/mol. The molecule has 0 bridgehead atoms. The molecule has 3 aromatic carbocycles. The molecule has 1 fully saturated rings. The molecule has 1 N–H and O–H groups in total. The van der Waals surface area contributed by atoms with E-state index in [1.807, 2.05) is 6.92 Å². The van der Waals surface area contributed by atoms with Gasteiger partial charge in [-0.05, 0) is 48.4 Å². The Labute approximate surface area is 256 Å². The molecule has 1 unspecified atom stereocenters. The van der Waals surface area contributed by atoms with Gasteiger partial charge in [0.15, 0.2) is 15.8 Å². The van der Waals surface area contributed by atoms with Crippen molar-refractivity contribution >= 4 is 45.7 Å². The Hall–Kier alpha value is -4.61. The number of anilines is 1. The summed E-state index contributed by atoms with van der Waals surface area (Å²) in [5.74, 6) is 0.195. The maximum absolute atomic E-state index is 13.6. The van der Waals surface area contributed by atoms with Crippen molar-refractivity contribution in [1.29, 1.82) is 0 Å². The number of aromatic nitrogens is 2. The lowest BCUT2D eigenvalue weighted by molar-refractivity contribution is -0.132. The molecular weight excluding hydrogens is 587 g/mol. The third-order valence-electron chi connectivity index (χ3n) is 6.89. The Kier molecular flexibility index (Phi) is 8.17. The molecule has 43 heavy (non-hydrogen) atoms. The highest BCUT2D eigenvalue weighted by Gasteiger charge is 2.48. The summed E-state index contributed by atoms with van der Waals surface area (Å²) in [4.78, 5) is 28.5. The van der Waals surface area contributed by atoms with E-state index < -0.39 is 17.7 Å². The second-order valence-corrected chi connectivity index (χ2v) is 12.0. The Morgan fingerprint density at radius 1 is 1.09 bits per heavy atom. The average Bonchev–Trinajstić information content (AvgIpc) is 3.61. The van der Waals surface area contributed by atoms with E-state index in [4.69, 9.17) is 14.2 Å². The fourth-order valence-electron chi connectivity index (χ4n) is 4.81. The molecule has 0 saturated carbocycles. The number of amides is 1. The highest BCUT2D eigenvalue weighted by molar-refractivity contribution is 8.00. The lowest BCUT2D eigenvalue weighted by Gasteiger charge is -2.23. The predicted molar refractivity (Wildman–Crippen MR) is 165 cm³/mol. The molecule has 3 heterocycles. The quantitative estimate of drug-likeness (QED) is 0.0598. The number of Topliss-reactive ketones (excluding diaryl/α,β-unsaturated/α-hetero) is 1. The lowest BCUT2D eigenvalue weighted by Crippen LogP contribution is -2.29. The number of aryl methyl sites for hydroxylation is 1. The van der Waals surface area contributed by atoms with Gasteiger partial charge in [-0.2, -0.15) is 0 Å². The first-order chi connectivity index (χ1) is 20.9. The third-order valence-corrected chi connectivity index (χ3v) is 9.01. The van der Waals surface area contributed by atoms with Gasteiger partial charge in [0.1, 0.15) is 31.3 Å². The molecule has 1 saturated heterocycles. The molecule has 11 heteroatoms. The fourth-order valence-corrected chi connectivity index (χ4v) is 6.63. The van der Waals surface area contributed by atoms with Gasteiger partial charge >= 0.3 is 5.91 Å². The number of thioether (sulfide) groups is 1. The first-order valence-corrected chi connectivity index (χ1v) is 15.3. The zero-order chi connectivity index (χ0) is 29.9. The molecule has 1 atom stereocenters. The van der Waals surface area contributed by atoms with Crippen molar-refractivity contribution in [3.63, 3.8) is 0 Å². The van der Waals surface area contributed by atoms with E-state index in [1.54, 1.807) is 48.5 Å². The minimum Gasteiger partial charge on any atom is -0.507 e. The molecule has 0 radical (unpaired) electrons. The summed E-state index contributed by atoms with van der Waals surface area (Å²) in [5, 5.41) is 20.4. The van der Waals surface area contributed by atoms with Crippen molar-refractivity contribution in [3.8, 4) is 17.2 Å². The number of hydrogen-bond donors (Lipinski definition) is 1. The first kappa shape index (κ1) is 28.5. The second-order valence-electron chi connectivity index (χ2n) is 9.82. The first-order valence-electron chi connectivity index (χ1n) is 13.5. The number of aliphatic hydroxyl groups excluding tert-OH is 1. The van der Waals surface area contributed by atoms with Gasteiger partial charge in [0.05, 0.1) is 11.6 Å². The van der Waals surface area contributed by atoms with Gasteiger partial charge in [0, 0.05) is 11.3 Å². The Morgan fingerprint density at radius 2 is 1.88 bits per heavy atom. The zero-order valence-electron chi connectivity index (χ0n) is 23.2. The topological polar surface area (TPSA) is 111 Å². The van der Waals surface area contributed by atoms with Gasteiger partial charge < -0.3 is 19.3 Å². The number of nitrogens with zero attached hydrogens (tertiary/aromatic N) is 3. The Balaban J connectivity index is 1.39. The number of benzene rings is 3. The van der Waals surface area contributed by atoms with E-state index in [9.17, 15) is 14.7 Å². The number of carbonyl (C=O) groups excluding carboxylic acids is 2. The molecule has 4 aromatic rings. The van der Waals surface area contributed by atoms with Gasteiger partial charge in [0.25, 0.3) is 5.78 Å². The lowest BCUT2D eigenvalue weighted by atomic mass is 9.95. The zero-order valence-corrected chi connectivity index (χ0v) is 24.8. The van der Waals surface area contributed by atoms with Gasteiger partial charge in [-0.15, -0.1) is 10.2 Å². The molecule has 2 aliphatic heterocycles. The van der Waals surface area contributed by atoms with Crippen LogP contribution in [0.4, 0.5) is 5.13 Å². The number of hydrogen-bond acceptors (Lipinski definition) is 10. The third kappa shape index (κ3) is 5.86. The van der Waals surface area contributed by atoms with E-state index in [0.29, 0.717) is 51.7 Å². The average molecular weight is 614 g/mol. The summed E-state index contributed by atoms with van der Waals surface area (Å²) in [7, 11) is 0. The molecule has 6 rings (SSSR count). The van der Waals surface area contributed by atoms with Crippen LogP contribution in [0, 0.1) is 6.92 Å². The maximum atomic E-state index is 13.6. The smallest absolute Gasteiger partial charge is 0.301 e. The van der Waals surface area contributed by atoms with Crippen LogP contribution in [0.15, 0.2) is 89.3 Å². The van der Waals surface area contributed by atoms with E-state index in [2.05, 4.69) is 41.0 Å². The minimum atomic E-state index is -0.983. The Bertz CT molecular complexity index is 1730. The van der Waals surface area contributed by atoms with Crippen molar-refractivity contribution in [3.05, 3.63) is 107 Å².